The normalized spacial score (nSPS) is 22.7. The number of aliphatic imine (C=N–C) groups is 1. The second-order valence-electron chi connectivity index (χ2n) is 4.32. The lowest BCUT2D eigenvalue weighted by Gasteiger charge is -2.08. The van der Waals surface area contributed by atoms with Gasteiger partial charge in [0, 0.05) is 12.8 Å². The van der Waals surface area contributed by atoms with Crippen LogP contribution in [0.2, 0.25) is 0 Å². The minimum atomic E-state index is -0.535. The molecular formula is C15H19NO4. The number of carbonyl (C=O) groups is 1. The predicted octanol–water partition coefficient (Wildman–Crippen LogP) is 2.33. The molecule has 1 aromatic rings. The number of carbonyl (C=O) groups excluding carboxylic acids is 1. The fraction of sp³-hybridized carbons (Fsp3) is 0.467. The molecule has 0 spiro atoms. The van der Waals surface area contributed by atoms with E-state index in [0.717, 1.165) is 5.69 Å². The Hall–Kier alpha value is -1.72. The second-order valence-corrected chi connectivity index (χ2v) is 4.32. The number of para-hydroxylation sites is 1. The Bertz CT molecular complexity index is 460. The average molecular weight is 277 g/mol. The summed E-state index contributed by atoms with van der Waals surface area (Å²) in [6, 6.07) is 9.43. The predicted molar refractivity (Wildman–Crippen MR) is 75.0 cm³/mol. The Balaban J connectivity index is 2.03. The van der Waals surface area contributed by atoms with Gasteiger partial charge in [0.1, 0.15) is 12.0 Å². The van der Waals surface area contributed by atoms with Gasteiger partial charge < -0.3 is 14.2 Å². The highest BCUT2D eigenvalue weighted by Crippen LogP contribution is 2.31. The summed E-state index contributed by atoms with van der Waals surface area (Å²) in [7, 11) is 0. The van der Waals surface area contributed by atoms with Crippen molar-refractivity contribution < 1.29 is 19.0 Å². The molecule has 3 atom stereocenters. The molecule has 108 valence electrons. The van der Waals surface area contributed by atoms with Gasteiger partial charge in [0.25, 0.3) is 0 Å². The molecule has 0 N–H and O–H groups in total. The lowest BCUT2D eigenvalue weighted by atomic mass is 10.1. The quantitative estimate of drug-likeness (QED) is 0.436. The van der Waals surface area contributed by atoms with Gasteiger partial charge in [-0.15, -0.1) is 0 Å². The first-order valence-corrected chi connectivity index (χ1v) is 6.79. The maximum atomic E-state index is 11.9. The first-order valence-electron chi connectivity index (χ1n) is 6.79. The highest BCUT2D eigenvalue weighted by atomic mass is 16.8. The van der Waals surface area contributed by atoms with Gasteiger partial charge in [-0.05, 0) is 26.0 Å². The standard InChI is InChI=1S/C15H19NO4/c1-3-18-14(17)12(13-15(20-13)19-4-2)10-16-11-8-6-5-7-9-11/h5-10,12-13,15H,3-4H2,1-2H3. The summed E-state index contributed by atoms with van der Waals surface area (Å²) in [4.78, 5) is 16.3. The zero-order valence-electron chi connectivity index (χ0n) is 11.7. The van der Waals surface area contributed by atoms with E-state index >= 15 is 0 Å². The number of ether oxygens (including phenoxy) is 3. The molecule has 1 aliphatic heterocycles. The van der Waals surface area contributed by atoms with E-state index in [-0.39, 0.29) is 18.4 Å². The first-order chi connectivity index (χ1) is 9.76. The van der Waals surface area contributed by atoms with Crippen molar-refractivity contribution in [2.24, 2.45) is 10.9 Å². The van der Waals surface area contributed by atoms with E-state index < -0.39 is 5.92 Å². The van der Waals surface area contributed by atoms with Crippen molar-refractivity contribution in [1.29, 1.82) is 0 Å². The van der Waals surface area contributed by atoms with Crippen molar-refractivity contribution >= 4 is 17.9 Å². The minimum Gasteiger partial charge on any atom is -0.465 e. The number of esters is 1. The Morgan fingerprint density at radius 1 is 1.35 bits per heavy atom. The lowest BCUT2D eigenvalue weighted by Crippen LogP contribution is -2.26. The van der Waals surface area contributed by atoms with Crippen LogP contribution < -0.4 is 0 Å². The third-order valence-electron chi connectivity index (χ3n) is 2.87. The third-order valence-corrected chi connectivity index (χ3v) is 2.87. The summed E-state index contributed by atoms with van der Waals surface area (Å²) in [5.74, 6) is -0.869. The van der Waals surface area contributed by atoms with E-state index in [4.69, 9.17) is 14.2 Å². The molecule has 2 rings (SSSR count). The van der Waals surface area contributed by atoms with Crippen molar-refractivity contribution in [1.82, 2.24) is 0 Å². The van der Waals surface area contributed by atoms with Gasteiger partial charge in [-0.3, -0.25) is 9.79 Å². The van der Waals surface area contributed by atoms with Gasteiger partial charge in [-0.25, -0.2) is 0 Å². The fourth-order valence-corrected chi connectivity index (χ4v) is 1.86. The Kier molecular flexibility index (Phi) is 5.26. The molecule has 0 bridgehead atoms. The number of epoxide rings is 1. The molecule has 0 aliphatic carbocycles. The first kappa shape index (κ1) is 14.7. The molecule has 0 radical (unpaired) electrons. The van der Waals surface area contributed by atoms with Crippen LogP contribution in [0.4, 0.5) is 5.69 Å². The summed E-state index contributed by atoms with van der Waals surface area (Å²) in [5.41, 5.74) is 0.787. The van der Waals surface area contributed by atoms with E-state index in [1.54, 1.807) is 13.1 Å². The van der Waals surface area contributed by atoms with Crippen molar-refractivity contribution in [3.63, 3.8) is 0 Å². The van der Waals surface area contributed by atoms with E-state index in [1.807, 2.05) is 37.3 Å². The minimum absolute atomic E-state index is 0.304. The Morgan fingerprint density at radius 2 is 2.10 bits per heavy atom. The third kappa shape index (κ3) is 3.88. The molecule has 1 aromatic carbocycles. The number of hydrogen-bond acceptors (Lipinski definition) is 5. The van der Waals surface area contributed by atoms with Gasteiger partial charge in [0.15, 0.2) is 6.29 Å². The topological polar surface area (TPSA) is 60.4 Å². The summed E-state index contributed by atoms with van der Waals surface area (Å²) < 4.78 is 15.8. The van der Waals surface area contributed by atoms with Crippen LogP contribution >= 0.6 is 0 Å². The van der Waals surface area contributed by atoms with E-state index in [0.29, 0.717) is 13.2 Å². The Morgan fingerprint density at radius 3 is 2.75 bits per heavy atom. The van der Waals surface area contributed by atoms with E-state index in [1.165, 1.54) is 0 Å². The second kappa shape index (κ2) is 7.17. The maximum absolute atomic E-state index is 11.9. The maximum Gasteiger partial charge on any atom is 0.317 e. The average Bonchev–Trinajstić information content (AvgIpc) is 3.20. The number of nitrogens with zero attached hydrogens (tertiary/aromatic N) is 1. The van der Waals surface area contributed by atoms with Crippen molar-refractivity contribution in [3.8, 4) is 0 Å². The summed E-state index contributed by atoms with van der Waals surface area (Å²) in [5, 5.41) is 0. The van der Waals surface area contributed by atoms with Crippen LogP contribution in [0.3, 0.4) is 0 Å². The van der Waals surface area contributed by atoms with Gasteiger partial charge in [-0.1, -0.05) is 18.2 Å². The zero-order chi connectivity index (χ0) is 14.4. The largest absolute Gasteiger partial charge is 0.465 e. The molecule has 5 heteroatoms. The molecule has 0 amide bonds. The highest BCUT2D eigenvalue weighted by molar-refractivity contribution is 5.92. The molecule has 5 nitrogen and oxygen atoms in total. The number of hydrogen-bond donors (Lipinski definition) is 0. The molecule has 20 heavy (non-hydrogen) atoms. The number of rotatable bonds is 7. The van der Waals surface area contributed by atoms with Gasteiger partial charge >= 0.3 is 5.97 Å². The molecule has 1 heterocycles. The van der Waals surface area contributed by atoms with Crippen LogP contribution in [0.15, 0.2) is 35.3 Å². The fourth-order valence-electron chi connectivity index (χ4n) is 1.86. The van der Waals surface area contributed by atoms with Crippen LogP contribution in [0.25, 0.3) is 0 Å². The van der Waals surface area contributed by atoms with Crippen LogP contribution in [0.1, 0.15) is 13.8 Å². The zero-order valence-corrected chi connectivity index (χ0v) is 11.7. The Labute approximate surface area is 118 Å². The summed E-state index contributed by atoms with van der Waals surface area (Å²) in [6.07, 6.45) is 0.940. The molecule has 1 saturated heterocycles. The van der Waals surface area contributed by atoms with Crippen molar-refractivity contribution in [2.75, 3.05) is 13.2 Å². The van der Waals surface area contributed by atoms with E-state index in [9.17, 15) is 4.79 Å². The van der Waals surface area contributed by atoms with Crippen molar-refractivity contribution in [3.05, 3.63) is 30.3 Å². The van der Waals surface area contributed by atoms with Crippen LogP contribution in [0.5, 0.6) is 0 Å². The molecule has 1 aliphatic rings. The van der Waals surface area contributed by atoms with Crippen molar-refractivity contribution in [2.45, 2.75) is 26.2 Å². The summed E-state index contributed by atoms with van der Waals surface area (Å²) in [6.45, 7) is 4.54. The molecule has 0 saturated carbocycles. The van der Waals surface area contributed by atoms with Gasteiger partial charge in [-0.2, -0.15) is 0 Å². The highest BCUT2D eigenvalue weighted by Gasteiger charge is 2.49. The van der Waals surface area contributed by atoms with E-state index in [2.05, 4.69) is 4.99 Å². The van der Waals surface area contributed by atoms with Crippen LogP contribution in [-0.2, 0) is 19.0 Å². The van der Waals surface area contributed by atoms with Crippen LogP contribution in [0, 0.1) is 5.92 Å². The molecule has 0 aromatic heterocycles. The summed E-state index contributed by atoms with van der Waals surface area (Å²) >= 11 is 0. The van der Waals surface area contributed by atoms with Gasteiger partial charge in [0.2, 0.25) is 0 Å². The molecule has 3 unspecified atom stereocenters. The van der Waals surface area contributed by atoms with Gasteiger partial charge in [0.05, 0.1) is 12.3 Å². The monoisotopic (exact) mass is 277 g/mol. The van der Waals surface area contributed by atoms with Crippen LogP contribution in [-0.4, -0.2) is 37.8 Å². The SMILES string of the molecule is CCOC(=O)C(C=Nc1ccccc1)C1OC1OCC. The smallest absolute Gasteiger partial charge is 0.317 e. The molecular weight excluding hydrogens is 258 g/mol. The lowest BCUT2D eigenvalue weighted by molar-refractivity contribution is -0.146. The number of benzene rings is 1. The molecule has 1 fully saturated rings.